The molecule has 0 nitrogen and oxygen atoms in total. The van der Waals surface area contributed by atoms with Crippen LogP contribution in [0.4, 0.5) is 0 Å². The third-order valence-electron chi connectivity index (χ3n) is 12.8. The molecule has 0 amide bonds. The second kappa shape index (κ2) is 7.80. The van der Waals surface area contributed by atoms with Crippen molar-refractivity contribution in [1.82, 2.24) is 0 Å². The summed E-state index contributed by atoms with van der Waals surface area (Å²) >= 11 is 0. The van der Waals surface area contributed by atoms with Gasteiger partial charge in [0.15, 0.2) is 0 Å². The lowest BCUT2D eigenvalue weighted by Crippen LogP contribution is -2.59. The Balaban J connectivity index is 1.54. The fourth-order valence-electron chi connectivity index (χ4n) is 10.3. The monoisotopic (exact) mass is 414 g/mol. The first-order chi connectivity index (χ1) is 14.0. The Hall–Kier alpha value is 0. The van der Waals surface area contributed by atoms with Gasteiger partial charge in [0.05, 0.1) is 0 Å². The summed E-state index contributed by atoms with van der Waals surface area (Å²) in [5, 5.41) is 0. The topological polar surface area (TPSA) is 0 Å². The van der Waals surface area contributed by atoms with Crippen molar-refractivity contribution in [2.75, 3.05) is 0 Å². The summed E-state index contributed by atoms with van der Waals surface area (Å²) in [5.41, 5.74) is 2.24. The molecule has 4 aliphatic rings. The highest BCUT2D eigenvalue weighted by Crippen LogP contribution is 2.72. The molecule has 0 heterocycles. The highest BCUT2D eigenvalue weighted by atomic mass is 14.7. The van der Waals surface area contributed by atoms with Crippen LogP contribution in [0.5, 0.6) is 0 Å². The van der Waals surface area contributed by atoms with E-state index >= 15 is 0 Å². The minimum Gasteiger partial charge on any atom is -0.0654 e. The molecule has 0 aromatic heterocycles. The summed E-state index contributed by atoms with van der Waals surface area (Å²) < 4.78 is 0. The van der Waals surface area contributed by atoms with E-state index in [1.165, 1.54) is 57.8 Å². The van der Waals surface area contributed by atoms with E-state index in [4.69, 9.17) is 0 Å². The number of hydrogen-bond acceptors (Lipinski definition) is 0. The Labute approximate surface area is 189 Å². The predicted octanol–water partition coefficient (Wildman–Crippen LogP) is 9.52. The Kier molecular flexibility index (Phi) is 6.02. The van der Waals surface area contributed by atoms with Gasteiger partial charge in [0, 0.05) is 0 Å². The molecule has 0 aromatic carbocycles. The van der Waals surface area contributed by atoms with Crippen molar-refractivity contribution >= 4 is 0 Å². The summed E-state index contributed by atoms with van der Waals surface area (Å²) in [7, 11) is 0. The third-order valence-corrected chi connectivity index (χ3v) is 12.8. The standard InChI is InChI=1S/C30H54/c1-9-10-11-12-21(2)23-14-15-24-22-13-16-26-28(5,6)27(3,4)19-20-30(26,8)25(22)17-18-29(23,24)7/h21-26H,9-20H2,1-8H3. The van der Waals surface area contributed by atoms with E-state index < -0.39 is 0 Å². The molecule has 0 heteroatoms. The normalized spacial score (nSPS) is 47.8. The van der Waals surface area contributed by atoms with Gasteiger partial charge in [-0.3, -0.25) is 0 Å². The van der Waals surface area contributed by atoms with Gasteiger partial charge in [-0.05, 0) is 109 Å². The molecule has 174 valence electrons. The average Bonchev–Trinajstić information content (AvgIpc) is 3.03. The van der Waals surface area contributed by atoms with Crippen LogP contribution in [0.2, 0.25) is 0 Å². The molecule has 0 aromatic rings. The molecular formula is C30H54. The largest absolute Gasteiger partial charge is 0.0654 e. The maximum atomic E-state index is 2.76. The van der Waals surface area contributed by atoms with Crippen LogP contribution in [0.1, 0.15) is 132 Å². The van der Waals surface area contributed by atoms with Crippen molar-refractivity contribution in [1.29, 1.82) is 0 Å². The molecule has 4 saturated carbocycles. The van der Waals surface area contributed by atoms with E-state index in [2.05, 4.69) is 55.4 Å². The summed E-state index contributed by atoms with van der Waals surface area (Å²) in [6, 6.07) is 0. The summed E-state index contributed by atoms with van der Waals surface area (Å²) in [6.07, 6.45) is 17.9. The van der Waals surface area contributed by atoms with E-state index in [-0.39, 0.29) is 0 Å². The number of unbranched alkanes of at least 4 members (excludes halogenated alkanes) is 2. The van der Waals surface area contributed by atoms with E-state index in [1.54, 1.807) is 19.3 Å². The van der Waals surface area contributed by atoms with E-state index in [0.717, 1.165) is 35.5 Å². The Morgan fingerprint density at radius 1 is 0.733 bits per heavy atom. The quantitative estimate of drug-likeness (QED) is 0.393. The van der Waals surface area contributed by atoms with Crippen molar-refractivity contribution in [2.45, 2.75) is 132 Å². The molecular weight excluding hydrogens is 360 g/mol. The Morgan fingerprint density at radius 2 is 1.43 bits per heavy atom. The van der Waals surface area contributed by atoms with Crippen LogP contribution in [0.25, 0.3) is 0 Å². The highest BCUT2D eigenvalue weighted by molar-refractivity contribution is 5.13. The van der Waals surface area contributed by atoms with Gasteiger partial charge in [-0.1, -0.05) is 81.1 Å². The minimum absolute atomic E-state index is 0.484. The SMILES string of the molecule is CCCCCC(C)C1CCC2C3CCC4C(C)(CCC(C)(C)C4(C)C)C3CCC12C. The number of hydrogen-bond donors (Lipinski definition) is 0. The lowest BCUT2D eigenvalue weighted by molar-refractivity contribution is -0.182. The molecule has 0 radical (unpaired) electrons. The van der Waals surface area contributed by atoms with Crippen LogP contribution < -0.4 is 0 Å². The van der Waals surface area contributed by atoms with Crippen molar-refractivity contribution in [3.8, 4) is 0 Å². The number of fused-ring (bicyclic) bond motifs is 5. The third kappa shape index (κ3) is 3.27. The molecule has 4 aliphatic carbocycles. The zero-order chi connectivity index (χ0) is 21.9. The molecule has 30 heavy (non-hydrogen) atoms. The van der Waals surface area contributed by atoms with Gasteiger partial charge in [-0.25, -0.2) is 0 Å². The van der Waals surface area contributed by atoms with Crippen molar-refractivity contribution < 1.29 is 0 Å². The average molecular weight is 415 g/mol. The zero-order valence-electron chi connectivity index (χ0n) is 21.9. The summed E-state index contributed by atoms with van der Waals surface area (Å²) in [5.74, 6) is 5.97. The van der Waals surface area contributed by atoms with Crippen molar-refractivity contribution in [3.63, 3.8) is 0 Å². The van der Waals surface area contributed by atoms with Gasteiger partial charge in [-0.2, -0.15) is 0 Å². The van der Waals surface area contributed by atoms with Crippen molar-refractivity contribution in [3.05, 3.63) is 0 Å². The predicted molar refractivity (Wildman–Crippen MR) is 131 cm³/mol. The van der Waals surface area contributed by atoms with Crippen molar-refractivity contribution in [2.24, 2.45) is 57.2 Å². The maximum Gasteiger partial charge on any atom is -0.0261 e. The first kappa shape index (κ1) is 23.2. The van der Waals surface area contributed by atoms with E-state index in [9.17, 15) is 0 Å². The molecule has 0 bridgehead atoms. The molecule has 8 atom stereocenters. The van der Waals surface area contributed by atoms with Crippen LogP contribution >= 0.6 is 0 Å². The molecule has 4 fully saturated rings. The van der Waals surface area contributed by atoms with Gasteiger partial charge in [0.1, 0.15) is 0 Å². The smallest absolute Gasteiger partial charge is 0.0261 e. The molecule has 4 rings (SSSR count). The first-order valence-electron chi connectivity index (χ1n) is 14.0. The first-order valence-corrected chi connectivity index (χ1v) is 14.0. The maximum absolute atomic E-state index is 2.76. The second-order valence-electron chi connectivity index (χ2n) is 14.3. The summed E-state index contributed by atoms with van der Waals surface area (Å²) in [6.45, 7) is 20.9. The fraction of sp³-hybridized carbons (Fsp3) is 1.00. The van der Waals surface area contributed by atoms with Gasteiger partial charge >= 0.3 is 0 Å². The van der Waals surface area contributed by atoms with Crippen LogP contribution in [0.3, 0.4) is 0 Å². The van der Waals surface area contributed by atoms with Crippen LogP contribution in [-0.2, 0) is 0 Å². The van der Waals surface area contributed by atoms with Crippen LogP contribution in [-0.4, -0.2) is 0 Å². The molecule has 0 aliphatic heterocycles. The Morgan fingerprint density at radius 3 is 2.13 bits per heavy atom. The van der Waals surface area contributed by atoms with Gasteiger partial charge < -0.3 is 0 Å². The zero-order valence-corrected chi connectivity index (χ0v) is 21.9. The molecule has 0 saturated heterocycles. The fourth-order valence-corrected chi connectivity index (χ4v) is 10.3. The van der Waals surface area contributed by atoms with Crippen LogP contribution in [0.15, 0.2) is 0 Å². The van der Waals surface area contributed by atoms with Crippen LogP contribution in [0, 0.1) is 57.2 Å². The Bertz CT molecular complexity index is 614. The minimum atomic E-state index is 0.484. The number of rotatable bonds is 5. The van der Waals surface area contributed by atoms with Gasteiger partial charge in [0.25, 0.3) is 0 Å². The summed E-state index contributed by atoms with van der Waals surface area (Å²) in [4.78, 5) is 0. The van der Waals surface area contributed by atoms with E-state index in [0.29, 0.717) is 21.7 Å². The van der Waals surface area contributed by atoms with E-state index in [1.807, 2.05) is 0 Å². The molecule has 8 unspecified atom stereocenters. The highest BCUT2D eigenvalue weighted by Gasteiger charge is 2.64. The molecule has 0 N–H and O–H groups in total. The molecule has 0 spiro atoms. The lowest BCUT2D eigenvalue weighted by atomic mass is 9.38. The van der Waals surface area contributed by atoms with Gasteiger partial charge in [-0.15, -0.1) is 0 Å². The lowest BCUT2D eigenvalue weighted by Gasteiger charge is -2.67. The van der Waals surface area contributed by atoms with Gasteiger partial charge in [0.2, 0.25) is 0 Å². The second-order valence-corrected chi connectivity index (χ2v) is 14.3.